The molecule has 0 radical (unpaired) electrons. The summed E-state index contributed by atoms with van der Waals surface area (Å²) in [6.07, 6.45) is -0.966. The summed E-state index contributed by atoms with van der Waals surface area (Å²) in [5, 5.41) is 23.2. The van der Waals surface area contributed by atoms with Crippen molar-refractivity contribution in [2.24, 2.45) is 0 Å². The lowest BCUT2D eigenvalue weighted by molar-refractivity contribution is -0.123. The number of carboxylic acid groups (broad SMARTS) is 2. The molecule has 2 atom stereocenters. The van der Waals surface area contributed by atoms with Crippen LogP contribution in [-0.4, -0.2) is 90.7 Å². The van der Waals surface area contributed by atoms with Crippen LogP contribution in [0.2, 0.25) is 0 Å². The Morgan fingerprint density at radius 2 is 1.74 bits per heavy atom. The number of hydrogen-bond donors (Lipinski definition) is 3. The Hall–Kier alpha value is -2.23. The molecule has 3 N–H and O–H groups in total. The first-order chi connectivity index (χ1) is 12.9. The van der Waals surface area contributed by atoms with Crippen molar-refractivity contribution in [3.63, 3.8) is 0 Å². The van der Waals surface area contributed by atoms with Gasteiger partial charge in [-0.05, 0) is 38.2 Å². The first-order valence-electron chi connectivity index (χ1n) is 8.44. The molecular formula is C18H29FN2O6. The highest BCUT2D eigenvalue weighted by Crippen LogP contribution is 2.18. The van der Waals surface area contributed by atoms with Crippen molar-refractivity contribution in [2.75, 3.05) is 40.3 Å². The third kappa shape index (κ3) is 11.9. The van der Waals surface area contributed by atoms with Gasteiger partial charge in [-0.2, -0.15) is 0 Å². The number of ether oxygens (including phenoxy) is 1. The molecule has 1 aromatic carbocycles. The molecule has 1 aliphatic heterocycles. The number of halogens is 1. The maximum Gasteiger partial charge on any atom is 0.290 e. The van der Waals surface area contributed by atoms with Gasteiger partial charge in [-0.25, -0.2) is 4.39 Å². The van der Waals surface area contributed by atoms with E-state index in [-0.39, 0.29) is 12.9 Å². The van der Waals surface area contributed by atoms with E-state index in [1.165, 1.54) is 0 Å². The van der Waals surface area contributed by atoms with Gasteiger partial charge in [-0.3, -0.25) is 14.5 Å². The summed E-state index contributed by atoms with van der Waals surface area (Å²) < 4.78 is 18.9. The molecule has 0 spiro atoms. The van der Waals surface area contributed by atoms with Crippen LogP contribution in [0.15, 0.2) is 24.3 Å². The standard InChI is InChI=1S/C16H25FN2O2.2CH2O2/c1-18(2)8-3-9-21-14-6-4-13(5-7-14)10-19-11-15(17)16(20)12-19;2*2-1-3/h4-7,15-16,20H,3,8-12H2,1-2H3;2*1H,(H,2,3)/t15-,16-;;/m1../s1. The molecule has 0 aliphatic carbocycles. The van der Waals surface area contributed by atoms with E-state index < -0.39 is 12.3 Å². The fraction of sp³-hybridized carbons (Fsp3) is 0.556. The van der Waals surface area contributed by atoms with Crippen LogP contribution < -0.4 is 4.74 Å². The second-order valence-electron chi connectivity index (χ2n) is 6.14. The minimum Gasteiger partial charge on any atom is -0.494 e. The van der Waals surface area contributed by atoms with Gasteiger partial charge < -0.3 is 25.0 Å². The maximum atomic E-state index is 13.2. The second-order valence-corrected chi connectivity index (χ2v) is 6.14. The first-order valence-corrected chi connectivity index (χ1v) is 8.44. The number of nitrogens with zero attached hydrogens (tertiary/aromatic N) is 2. The van der Waals surface area contributed by atoms with Crippen molar-refractivity contribution in [1.82, 2.24) is 9.80 Å². The lowest BCUT2D eigenvalue weighted by atomic mass is 10.2. The number of benzene rings is 1. The van der Waals surface area contributed by atoms with Crippen molar-refractivity contribution in [1.29, 1.82) is 0 Å². The molecule has 1 aliphatic rings. The molecule has 0 bridgehead atoms. The van der Waals surface area contributed by atoms with Gasteiger partial charge in [0.2, 0.25) is 0 Å². The first kappa shape index (κ1) is 24.8. The number of β-amino-alcohol motifs (C(OH)–C–C–N with tert-alkyl or cyclic N) is 1. The highest BCUT2D eigenvalue weighted by Gasteiger charge is 2.30. The molecule has 27 heavy (non-hydrogen) atoms. The number of hydrogen-bond acceptors (Lipinski definition) is 6. The summed E-state index contributed by atoms with van der Waals surface area (Å²) in [6.45, 7) is 2.60. The summed E-state index contributed by atoms with van der Waals surface area (Å²) in [5.41, 5.74) is 1.11. The van der Waals surface area contributed by atoms with Crippen LogP contribution >= 0.6 is 0 Å². The zero-order chi connectivity index (χ0) is 20.7. The summed E-state index contributed by atoms with van der Waals surface area (Å²) in [4.78, 5) is 20.8. The van der Waals surface area contributed by atoms with Crippen LogP contribution in [0.4, 0.5) is 4.39 Å². The monoisotopic (exact) mass is 388 g/mol. The molecule has 2 rings (SSSR count). The van der Waals surface area contributed by atoms with Crippen LogP contribution in [0.25, 0.3) is 0 Å². The van der Waals surface area contributed by atoms with Crippen molar-refractivity contribution in [2.45, 2.75) is 25.2 Å². The van der Waals surface area contributed by atoms with Gasteiger partial charge in [0.25, 0.3) is 12.9 Å². The number of rotatable bonds is 7. The van der Waals surface area contributed by atoms with Crippen molar-refractivity contribution in [3.05, 3.63) is 29.8 Å². The Kier molecular flexibility index (Phi) is 13.7. The van der Waals surface area contributed by atoms with E-state index in [0.717, 1.165) is 24.3 Å². The fourth-order valence-corrected chi connectivity index (χ4v) is 2.47. The third-order valence-electron chi connectivity index (χ3n) is 3.64. The predicted octanol–water partition coefficient (Wildman–Crippen LogP) is 0.933. The summed E-state index contributed by atoms with van der Waals surface area (Å²) in [7, 11) is 4.10. The SMILES string of the molecule is CN(C)CCCOc1ccc(CN2C[C@@H](O)[C@H](F)C2)cc1.O=CO.O=CO. The van der Waals surface area contributed by atoms with E-state index in [1.807, 2.05) is 43.3 Å². The Bertz CT molecular complexity index is 499. The number of alkyl halides is 1. The maximum absolute atomic E-state index is 13.2. The highest BCUT2D eigenvalue weighted by atomic mass is 19.1. The summed E-state index contributed by atoms with van der Waals surface area (Å²) in [6, 6.07) is 7.90. The smallest absolute Gasteiger partial charge is 0.290 e. The molecule has 0 saturated carbocycles. The van der Waals surface area contributed by atoms with E-state index >= 15 is 0 Å². The van der Waals surface area contributed by atoms with E-state index in [1.54, 1.807) is 0 Å². The van der Waals surface area contributed by atoms with E-state index in [4.69, 9.17) is 24.5 Å². The van der Waals surface area contributed by atoms with Gasteiger partial charge >= 0.3 is 0 Å². The van der Waals surface area contributed by atoms with Crippen molar-refractivity contribution in [3.8, 4) is 5.75 Å². The number of carbonyl (C=O) groups is 2. The Balaban J connectivity index is 0.000000997. The molecular weight excluding hydrogens is 359 g/mol. The zero-order valence-electron chi connectivity index (χ0n) is 15.7. The largest absolute Gasteiger partial charge is 0.494 e. The molecule has 1 heterocycles. The van der Waals surface area contributed by atoms with Gasteiger partial charge in [-0.1, -0.05) is 12.1 Å². The Labute approximate surface area is 158 Å². The zero-order valence-corrected chi connectivity index (χ0v) is 15.7. The van der Waals surface area contributed by atoms with Crippen LogP contribution in [0.5, 0.6) is 5.75 Å². The van der Waals surface area contributed by atoms with Gasteiger partial charge in [0.05, 0.1) is 12.7 Å². The average Bonchev–Trinajstić information content (AvgIpc) is 2.92. The molecule has 0 unspecified atom stereocenters. The van der Waals surface area contributed by atoms with E-state index in [0.29, 0.717) is 26.2 Å². The third-order valence-corrected chi connectivity index (χ3v) is 3.64. The van der Waals surface area contributed by atoms with Crippen LogP contribution in [0.1, 0.15) is 12.0 Å². The van der Waals surface area contributed by atoms with Gasteiger partial charge in [-0.15, -0.1) is 0 Å². The number of likely N-dealkylation sites (tertiary alicyclic amines) is 1. The molecule has 1 saturated heterocycles. The summed E-state index contributed by atoms with van der Waals surface area (Å²) in [5.74, 6) is 0.863. The second kappa shape index (κ2) is 14.9. The normalized spacial score (nSPS) is 18.7. The van der Waals surface area contributed by atoms with E-state index in [2.05, 4.69) is 4.90 Å². The van der Waals surface area contributed by atoms with Gasteiger partial charge in [0.15, 0.2) is 0 Å². The molecule has 1 fully saturated rings. The number of aliphatic hydroxyl groups is 1. The topological polar surface area (TPSA) is 111 Å². The van der Waals surface area contributed by atoms with E-state index in [9.17, 15) is 9.50 Å². The summed E-state index contributed by atoms with van der Waals surface area (Å²) >= 11 is 0. The van der Waals surface area contributed by atoms with Crippen LogP contribution in [-0.2, 0) is 16.1 Å². The minimum atomic E-state index is -1.12. The molecule has 0 aromatic heterocycles. The molecule has 154 valence electrons. The quantitative estimate of drug-likeness (QED) is 0.467. The Morgan fingerprint density at radius 3 is 2.19 bits per heavy atom. The van der Waals surface area contributed by atoms with Gasteiger partial charge in [0.1, 0.15) is 11.9 Å². The molecule has 8 nitrogen and oxygen atoms in total. The van der Waals surface area contributed by atoms with Crippen LogP contribution in [0.3, 0.4) is 0 Å². The fourth-order valence-electron chi connectivity index (χ4n) is 2.47. The van der Waals surface area contributed by atoms with Crippen molar-refractivity contribution >= 4 is 12.9 Å². The predicted molar refractivity (Wildman–Crippen MR) is 98.7 cm³/mol. The lowest BCUT2D eigenvalue weighted by Gasteiger charge is -2.15. The average molecular weight is 388 g/mol. The molecule has 9 heteroatoms. The lowest BCUT2D eigenvalue weighted by Crippen LogP contribution is -2.21. The van der Waals surface area contributed by atoms with Crippen LogP contribution in [0, 0.1) is 0 Å². The molecule has 1 aromatic rings. The molecule has 0 amide bonds. The number of aliphatic hydroxyl groups excluding tert-OH is 1. The highest BCUT2D eigenvalue weighted by molar-refractivity contribution is 5.33. The van der Waals surface area contributed by atoms with Gasteiger partial charge in [0, 0.05) is 26.2 Å². The van der Waals surface area contributed by atoms with Crippen molar-refractivity contribution < 1.29 is 34.0 Å². The Morgan fingerprint density at radius 1 is 1.19 bits per heavy atom. The minimum absolute atomic E-state index is 0.250.